The lowest BCUT2D eigenvalue weighted by Crippen LogP contribution is -2.10. The van der Waals surface area contributed by atoms with Gasteiger partial charge in [-0.05, 0) is 87.3 Å². The van der Waals surface area contributed by atoms with E-state index in [9.17, 15) is 0 Å². The molecule has 0 aliphatic heterocycles. The van der Waals surface area contributed by atoms with Gasteiger partial charge in [0.25, 0.3) is 0 Å². The standard InChI is InChI=1S/C47H36N2O/c1-47(2,3)41-21-13-22-42-45(41)50-46(48-42)32-26-24-31(25-27-32)35-16-7-9-18-37(35)38-19-10-8-17-36(38)33-28-29-44-40(30-33)39-20-11-12-23-43(39)49(44)34-14-5-4-6-15-34/h4-30H,1-3H3. The van der Waals surface area contributed by atoms with Crippen molar-refractivity contribution in [2.24, 2.45) is 0 Å². The van der Waals surface area contributed by atoms with Crippen LogP contribution in [0.4, 0.5) is 0 Å². The average molecular weight is 645 g/mol. The van der Waals surface area contributed by atoms with Crippen molar-refractivity contribution in [3.8, 4) is 50.5 Å². The second kappa shape index (κ2) is 11.7. The smallest absolute Gasteiger partial charge is 0.227 e. The van der Waals surface area contributed by atoms with Crippen molar-refractivity contribution in [2.45, 2.75) is 26.2 Å². The summed E-state index contributed by atoms with van der Waals surface area (Å²) in [7, 11) is 0. The number of benzene rings is 7. The van der Waals surface area contributed by atoms with Crippen LogP contribution in [0.5, 0.6) is 0 Å². The second-order valence-electron chi connectivity index (χ2n) is 14.0. The molecule has 0 N–H and O–H groups in total. The maximum Gasteiger partial charge on any atom is 0.227 e. The van der Waals surface area contributed by atoms with Crippen molar-refractivity contribution in [1.29, 1.82) is 0 Å². The Hall–Kier alpha value is -6.19. The lowest BCUT2D eigenvalue weighted by Gasteiger charge is -2.18. The monoisotopic (exact) mass is 644 g/mol. The van der Waals surface area contributed by atoms with Gasteiger partial charge in [0.2, 0.25) is 5.89 Å². The van der Waals surface area contributed by atoms with Gasteiger partial charge in [0.15, 0.2) is 5.58 Å². The molecule has 0 bridgehead atoms. The van der Waals surface area contributed by atoms with Gasteiger partial charge in [0.1, 0.15) is 5.52 Å². The fourth-order valence-electron chi connectivity index (χ4n) is 7.39. The Morgan fingerprint density at radius 3 is 1.78 bits per heavy atom. The normalized spacial score (nSPS) is 11.9. The number of oxazole rings is 1. The first-order valence-corrected chi connectivity index (χ1v) is 17.2. The van der Waals surface area contributed by atoms with Gasteiger partial charge in [0, 0.05) is 27.6 Å². The van der Waals surface area contributed by atoms with Gasteiger partial charge in [-0.25, -0.2) is 4.98 Å². The van der Waals surface area contributed by atoms with Crippen LogP contribution in [0.2, 0.25) is 0 Å². The number of hydrogen-bond acceptors (Lipinski definition) is 2. The Bertz CT molecular complexity index is 2670. The molecular weight excluding hydrogens is 609 g/mol. The molecule has 9 aromatic rings. The van der Waals surface area contributed by atoms with Gasteiger partial charge in [-0.1, -0.05) is 136 Å². The van der Waals surface area contributed by atoms with Crippen LogP contribution < -0.4 is 0 Å². The van der Waals surface area contributed by atoms with Crippen molar-refractivity contribution >= 4 is 32.9 Å². The van der Waals surface area contributed by atoms with Crippen molar-refractivity contribution in [3.05, 3.63) is 169 Å². The molecule has 9 rings (SSSR count). The Balaban J connectivity index is 1.12. The van der Waals surface area contributed by atoms with Crippen LogP contribution in [0.3, 0.4) is 0 Å². The highest BCUT2D eigenvalue weighted by Gasteiger charge is 2.21. The molecule has 50 heavy (non-hydrogen) atoms. The Kier molecular flexibility index (Phi) is 7.03. The molecule has 0 saturated heterocycles. The summed E-state index contributed by atoms with van der Waals surface area (Å²) >= 11 is 0. The third kappa shape index (κ3) is 5.02. The maximum absolute atomic E-state index is 6.39. The van der Waals surface area contributed by atoms with Crippen LogP contribution in [0.25, 0.3) is 83.4 Å². The Morgan fingerprint density at radius 1 is 0.480 bits per heavy atom. The molecule has 0 amide bonds. The second-order valence-corrected chi connectivity index (χ2v) is 14.0. The molecular formula is C47H36N2O. The molecule has 0 aliphatic rings. The van der Waals surface area contributed by atoms with Gasteiger partial charge >= 0.3 is 0 Å². The summed E-state index contributed by atoms with van der Waals surface area (Å²) in [5.41, 5.74) is 14.5. The molecule has 0 aliphatic carbocycles. The summed E-state index contributed by atoms with van der Waals surface area (Å²) in [5, 5.41) is 2.49. The fourth-order valence-corrected chi connectivity index (χ4v) is 7.39. The summed E-state index contributed by atoms with van der Waals surface area (Å²) in [4.78, 5) is 4.86. The minimum atomic E-state index is -0.0348. The van der Waals surface area contributed by atoms with Crippen molar-refractivity contribution in [2.75, 3.05) is 0 Å². The molecule has 0 fully saturated rings. The third-order valence-electron chi connectivity index (χ3n) is 9.81. The van der Waals surface area contributed by atoms with E-state index in [1.165, 1.54) is 55.2 Å². The zero-order chi connectivity index (χ0) is 33.8. The molecule has 2 aromatic heterocycles. The van der Waals surface area contributed by atoms with Gasteiger partial charge in [0.05, 0.1) is 11.0 Å². The first-order valence-electron chi connectivity index (χ1n) is 17.2. The Morgan fingerprint density at radius 2 is 1.06 bits per heavy atom. The SMILES string of the molecule is CC(C)(C)c1cccc2nc(-c3ccc(-c4ccccc4-c4ccccc4-c4ccc5c(c4)c4ccccc4n5-c4ccccc4)cc3)oc12. The van der Waals surface area contributed by atoms with E-state index < -0.39 is 0 Å². The zero-order valence-corrected chi connectivity index (χ0v) is 28.4. The molecule has 3 heteroatoms. The minimum Gasteiger partial charge on any atom is -0.436 e. The van der Waals surface area contributed by atoms with E-state index in [0.29, 0.717) is 5.89 Å². The molecule has 0 atom stereocenters. The summed E-state index contributed by atoms with van der Waals surface area (Å²) < 4.78 is 8.75. The number of rotatable bonds is 5. The number of fused-ring (bicyclic) bond motifs is 4. The van der Waals surface area contributed by atoms with E-state index in [-0.39, 0.29) is 5.41 Å². The molecule has 0 spiro atoms. The molecule has 2 heterocycles. The van der Waals surface area contributed by atoms with Crippen molar-refractivity contribution in [3.63, 3.8) is 0 Å². The highest BCUT2D eigenvalue weighted by molar-refractivity contribution is 6.11. The molecule has 0 radical (unpaired) electrons. The summed E-state index contributed by atoms with van der Waals surface area (Å²) in [6.07, 6.45) is 0. The summed E-state index contributed by atoms with van der Waals surface area (Å²) in [6.45, 7) is 6.62. The van der Waals surface area contributed by atoms with E-state index in [1.807, 2.05) is 6.07 Å². The zero-order valence-electron chi connectivity index (χ0n) is 28.4. The first kappa shape index (κ1) is 29.9. The van der Waals surface area contributed by atoms with Crippen LogP contribution in [0.15, 0.2) is 168 Å². The van der Waals surface area contributed by atoms with Gasteiger partial charge in [-0.15, -0.1) is 0 Å². The maximum atomic E-state index is 6.39. The largest absolute Gasteiger partial charge is 0.436 e. The number of hydrogen-bond donors (Lipinski definition) is 0. The van der Waals surface area contributed by atoms with Gasteiger partial charge in [-0.2, -0.15) is 0 Å². The van der Waals surface area contributed by atoms with Crippen LogP contribution >= 0.6 is 0 Å². The number of aromatic nitrogens is 2. The number of nitrogens with zero attached hydrogens (tertiary/aromatic N) is 2. The number of para-hydroxylation sites is 3. The third-order valence-corrected chi connectivity index (χ3v) is 9.81. The first-order chi connectivity index (χ1) is 24.4. The molecule has 0 saturated carbocycles. The molecule has 7 aromatic carbocycles. The van der Waals surface area contributed by atoms with Crippen LogP contribution in [0, 0.1) is 0 Å². The lowest BCUT2D eigenvalue weighted by molar-refractivity contribution is 0.561. The topological polar surface area (TPSA) is 31.0 Å². The van der Waals surface area contributed by atoms with E-state index in [0.717, 1.165) is 27.9 Å². The minimum absolute atomic E-state index is 0.0348. The van der Waals surface area contributed by atoms with Crippen LogP contribution in [-0.4, -0.2) is 9.55 Å². The van der Waals surface area contributed by atoms with Gasteiger partial charge in [-0.3, -0.25) is 0 Å². The van der Waals surface area contributed by atoms with Crippen molar-refractivity contribution in [1.82, 2.24) is 9.55 Å². The highest BCUT2D eigenvalue weighted by Crippen LogP contribution is 2.41. The fraction of sp³-hybridized carbons (Fsp3) is 0.0851. The van der Waals surface area contributed by atoms with E-state index in [2.05, 4.69) is 183 Å². The van der Waals surface area contributed by atoms with E-state index in [1.54, 1.807) is 0 Å². The Labute approximate surface area is 292 Å². The lowest BCUT2D eigenvalue weighted by atomic mass is 9.86. The summed E-state index contributed by atoms with van der Waals surface area (Å²) in [6, 6.07) is 58.5. The van der Waals surface area contributed by atoms with Gasteiger partial charge < -0.3 is 8.98 Å². The molecule has 3 nitrogen and oxygen atoms in total. The van der Waals surface area contributed by atoms with Crippen LogP contribution in [-0.2, 0) is 5.41 Å². The molecule has 0 unspecified atom stereocenters. The predicted octanol–water partition coefficient (Wildman–Crippen LogP) is 12.9. The molecule has 240 valence electrons. The highest BCUT2D eigenvalue weighted by atomic mass is 16.3. The quantitative estimate of drug-likeness (QED) is 0.187. The van der Waals surface area contributed by atoms with E-state index in [4.69, 9.17) is 9.40 Å². The summed E-state index contributed by atoms with van der Waals surface area (Å²) in [5.74, 6) is 0.644. The predicted molar refractivity (Wildman–Crippen MR) is 209 cm³/mol. The average Bonchev–Trinajstić information content (AvgIpc) is 3.74. The van der Waals surface area contributed by atoms with E-state index >= 15 is 0 Å². The van der Waals surface area contributed by atoms with Crippen LogP contribution in [0.1, 0.15) is 26.3 Å². The van der Waals surface area contributed by atoms with Crippen molar-refractivity contribution < 1.29 is 4.42 Å².